The van der Waals surface area contributed by atoms with Crippen LogP contribution in [-0.4, -0.2) is 35.0 Å². The lowest BCUT2D eigenvalue weighted by Gasteiger charge is -2.13. The van der Waals surface area contributed by atoms with Gasteiger partial charge in [-0.15, -0.1) is 0 Å². The number of aromatic nitrogens is 2. The first kappa shape index (κ1) is 14.7. The molecule has 0 aliphatic carbocycles. The summed E-state index contributed by atoms with van der Waals surface area (Å²) in [5, 5.41) is 0.714. The predicted molar refractivity (Wildman–Crippen MR) is 72.5 cm³/mol. The maximum absolute atomic E-state index is 11.9. The van der Waals surface area contributed by atoms with Gasteiger partial charge in [-0.2, -0.15) is 0 Å². The van der Waals surface area contributed by atoms with Crippen LogP contribution < -0.4 is 0 Å². The second-order valence-corrected chi connectivity index (χ2v) is 4.05. The number of fused-ring (bicyclic) bond motifs is 1. The number of ether oxygens (including phenoxy) is 3. The average Bonchev–Trinajstić information content (AvgIpc) is 2.46. The third-order valence-electron chi connectivity index (χ3n) is 2.49. The van der Waals surface area contributed by atoms with E-state index in [0.29, 0.717) is 11.0 Å². The van der Waals surface area contributed by atoms with Gasteiger partial charge in [-0.1, -0.05) is 0 Å². The Balaban J connectivity index is 2.03. The number of esters is 1. The molecule has 0 bridgehead atoms. The fraction of sp³-hybridized carbons (Fsp3) is 0.286. The van der Waals surface area contributed by atoms with Gasteiger partial charge in [0.05, 0.1) is 12.2 Å². The van der Waals surface area contributed by atoms with E-state index in [0.717, 1.165) is 0 Å². The standard InChI is InChI=1S/C14H14N2O5/c1-3-19-14(18)21-9(2)20-13(17)11-7-10-5-4-6-15-12(10)16-8-11/h4-9H,3H2,1-2H3. The molecule has 0 aromatic carbocycles. The maximum Gasteiger partial charge on any atom is 0.511 e. The van der Waals surface area contributed by atoms with Crippen LogP contribution in [-0.2, 0) is 14.2 Å². The zero-order valence-corrected chi connectivity index (χ0v) is 11.6. The lowest BCUT2D eigenvalue weighted by molar-refractivity contribution is -0.0811. The quantitative estimate of drug-likeness (QED) is 0.630. The molecule has 21 heavy (non-hydrogen) atoms. The second kappa shape index (κ2) is 6.65. The molecule has 0 saturated carbocycles. The van der Waals surface area contributed by atoms with Gasteiger partial charge in [0, 0.05) is 24.7 Å². The summed E-state index contributed by atoms with van der Waals surface area (Å²) in [6, 6.07) is 5.13. The Hall–Kier alpha value is -2.70. The Morgan fingerprint density at radius 3 is 2.86 bits per heavy atom. The van der Waals surface area contributed by atoms with Crippen molar-refractivity contribution in [3.63, 3.8) is 0 Å². The molecule has 7 heteroatoms. The Morgan fingerprint density at radius 2 is 2.10 bits per heavy atom. The molecule has 0 aliphatic heterocycles. The molecule has 7 nitrogen and oxygen atoms in total. The van der Waals surface area contributed by atoms with Gasteiger partial charge < -0.3 is 14.2 Å². The smallest absolute Gasteiger partial charge is 0.435 e. The number of nitrogens with zero attached hydrogens (tertiary/aromatic N) is 2. The minimum absolute atomic E-state index is 0.182. The monoisotopic (exact) mass is 290 g/mol. The van der Waals surface area contributed by atoms with Gasteiger partial charge in [-0.3, -0.25) is 0 Å². The molecule has 0 radical (unpaired) electrons. The molecular formula is C14H14N2O5. The van der Waals surface area contributed by atoms with Crippen LogP contribution in [0.25, 0.3) is 11.0 Å². The Bertz CT molecular complexity index is 659. The van der Waals surface area contributed by atoms with E-state index in [1.54, 1.807) is 31.3 Å². The van der Waals surface area contributed by atoms with Gasteiger partial charge >= 0.3 is 12.1 Å². The van der Waals surface area contributed by atoms with Crippen molar-refractivity contribution in [2.75, 3.05) is 6.61 Å². The summed E-state index contributed by atoms with van der Waals surface area (Å²) in [7, 11) is 0. The molecule has 1 atom stereocenters. The summed E-state index contributed by atoms with van der Waals surface area (Å²) in [5.74, 6) is -0.648. The van der Waals surface area contributed by atoms with Gasteiger partial charge in [0.2, 0.25) is 6.29 Å². The summed E-state index contributed by atoms with van der Waals surface area (Å²) >= 11 is 0. The van der Waals surface area contributed by atoms with E-state index < -0.39 is 18.4 Å². The van der Waals surface area contributed by atoms with E-state index in [4.69, 9.17) is 9.47 Å². The van der Waals surface area contributed by atoms with Gasteiger partial charge in [0.15, 0.2) is 5.65 Å². The van der Waals surface area contributed by atoms with Crippen LogP contribution in [0, 0.1) is 0 Å². The molecule has 0 amide bonds. The summed E-state index contributed by atoms with van der Waals surface area (Å²) in [6.07, 6.45) is 1.02. The number of carbonyl (C=O) groups is 2. The van der Waals surface area contributed by atoms with Gasteiger partial charge in [-0.05, 0) is 25.1 Å². The van der Waals surface area contributed by atoms with Crippen molar-refractivity contribution in [2.24, 2.45) is 0 Å². The van der Waals surface area contributed by atoms with E-state index in [9.17, 15) is 9.59 Å². The molecule has 0 saturated heterocycles. The zero-order valence-electron chi connectivity index (χ0n) is 11.6. The maximum atomic E-state index is 11.9. The molecule has 2 aromatic heterocycles. The van der Waals surface area contributed by atoms with E-state index in [1.807, 2.05) is 0 Å². The van der Waals surface area contributed by atoms with Gasteiger partial charge in [0.1, 0.15) is 0 Å². The third kappa shape index (κ3) is 3.88. The van der Waals surface area contributed by atoms with Crippen LogP contribution in [0.5, 0.6) is 0 Å². The minimum atomic E-state index is -1.05. The van der Waals surface area contributed by atoms with Crippen LogP contribution in [0.1, 0.15) is 24.2 Å². The average molecular weight is 290 g/mol. The van der Waals surface area contributed by atoms with Gasteiger partial charge in [-0.25, -0.2) is 19.6 Å². The summed E-state index contributed by atoms with van der Waals surface area (Å²) in [4.78, 5) is 31.1. The summed E-state index contributed by atoms with van der Waals surface area (Å²) in [6.45, 7) is 3.25. The number of hydrogen-bond donors (Lipinski definition) is 0. The molecule has 2 rings (SSSR count). The number of carbonyl (C=O) groups excluding carboxylic acids is 2. The van der Waals surface area contributed by atoms with Crippen LogP contribution >= 0.6 is 0 Å². The molecular weight excluding hydrogens is 276 g/mol. The third-order valence-corrected chi connectivity index (χ3v) is 2.49. The Morgan fingerprint density at radius 1 is 1.29 bits per heavy atom. The minimum Gasteiger partial charge on any atom is -0.435 e. The molecule has 2 heterocycles. The van der Waals surface area contributed by atoms with Crippen molar-refractivity contribution in [1.82, 2.24) is 9.97 Å². The summed E-state index contributed by atoms with van der Waals surface area (Å²) in [5.41, 5.74) is 0.777. The molecule has 110 valence electrons. The largest absolute Gasteiger partial charge is 0.511 e. The number of hydrogen-bond acceptors (Lipinski definition) is 7. The van der Waals surface area contributed by atoms with Crippen molar-refractivity contribution in [1.29, 1.82) is 0 Å². The SMILES string of the molecule is CCOC(=O)OC(C)OC(=O)c1cnc2ncccc2c1. The molecule has 0 spiro atoms. The topological polar surface area (TPSA) is 87.6 Å². The second-order valence-electron chi connectivity index (χ2n) is 4.05. The van der Waals surface area contributed by atoms with Crippen LogP contribution in [0.15, 0.2) is 30.6 Å². The van der Waals surface area contributed by atoms with Crippen LogP contribution in [0.2, 0.25) is 0 Å². The van der Waals surface area contributed by atoms with E-state index in [2.05, 4.69) is 14.7 Å². The fourth-order valence-electron chi connectivity index (χ4n) is 1.61. The zero-order chi connectivity index (χ0) is 15.2. The van der Waals surface area contributed by atoms with Gasteiger partial charge in [0.25, 0.3) is 0 Å². The number of rotatable bonds is 4. The molecule has 1 unspecified atom stereocenters. The first-order chi connectivity index (χ1) is 10.1. The summed E-state index contributed by atoms with van der Waals surface area (Å²) < 4.78 is 14.3. The van der Waals surface area contributed by atoms with Crippen molar-refractivity contribution in [3.8, 4) is 0 Å². The highest BCUT2D eigenvalue weighted by Crippen LogP contribution is 2.12. The van der Waals surface area contributed by atoms with E-state index in [1.165, 1.54) is 13.1 Å². The van der Waals surface area contributed by atoms with Crippen LogP contribution in [0.3, 0.4) is 0 Å². The predicted octanol–water partition coefficient (Wildman–Crippen LogP) is 2.31. The van der Waals surface area contributed by atoms with E-state index in [-0.39, 0.29) is 12.2 Å². The first-order valence-electron chi connectivity index (χ1n) is 6.35. The fourth-order valence-corrected chi connectivity index (χ4v) is 1.61. The van der Waals surface area contributed by atoms with Crippen molar-refractivity contribution < 1.29 is 23.8 Å². The van der Waals surface area contributed by atoms with E-state index >= 15 is 0 Å². The molecule has 0 N–H and O–H groups in total. The van der Waals surface area contributed by atoms with Crippen molar-refractivity contribution in [3.05, 3.63) is 36.2 Å². The highest BCUT2D eigenvalue weighted by atomic mass is 16.8. The molecule has 0 aliphatic rings. The highest BCUT2D eigenvalue weighted by Gasteiger charge is 2.17. The number of pyridine rings is 2. The first-order valence-corrected chi connectivity index (χ1v) is 6.35. The lowest BCUT2D eigenvalue weighted by atomic mass is 10.2. The molecule has 2 aromatic rings. The molecule has 0 fully saturated rings. The van der Waals surface area contributed by atoms with Crippen molar-refractivity contribution in [2.45, 2.75) is 20.1 Å². The lowest BCUT2D eigenvalue weighted by Crippen LogP contribution is -2.22. The van der Waals surface area contributed by atoms with Crippen molar-refractivity contribution >= 4 is 23.2 Å². The Kier molecular flexibility index (Phi) is 4.65. The highest BCUT2D eigenvalue weighted by molar-refractivity contribution is 5.92. The van der Waals surface area contributed by atoms with Crippen LogP contribution in [0.4, 0.5) is 4.79 Å². The normalized spacial score (nSPS) is 11.7. The Labute approximate surface area is 120 Å².